The van der Waals surface area contributed by atoms with Gasteiger partial charge in [0.25, 0.3) is 5.91 Å². The summed E-state index contributed by atoms with van der Waals surface area (Å²) in [6.45, 7) is 8.08. The van der Waals surface area contributed by atoms with E-state index in [0.29, 0.717) is 16.3 Å². The van der Waals surface area contributed by atoms with Gasteiger partial charge in [-0.2, -0.15) is 0 Å². The molecule has 4 rings (SSSR count). The van der Waals surface area contributed by atoms with E-state index in [0.717, 1.165) is 26.5 Å². The zero-order valence-electron chi connectivity index (χ0n) is 17.1. The maximum Gasteiger partial charge on any atom is 0.341 e. The van der Waals surface area contributed by atoms with Gasteiger partial charge in [0.15, 0.2) is 4.96 Å². The van der Waals surface area contributed by atoms with Crippen LogP contribution in [0.4, 0.5) is 5.00 Å². The highest BCUT2D eigenvalue weighted by molar-refractivity contribution is 7.17. The molecule has 0 aliphatic rings. The minimum Gasteiger partial charge on any atom is -0.462 e. The molecule has 0 bridgehead atoms. The van der Waals surface area contributed by atoms with Crippen molar-refractivity contribution >= 4 is 44.5 Å². The first kappa shape index (κ1) is 20.3. The summed E-state index contributed by atoms with van der Waals surface area (Å²) in [6.07, 6.45) is 3.62. The number of imidazole rings is 1. The van der Waals surface area contributed by atoms with Crippen LogP contribution in [-0.4, -0.2) is 27.9 Å². The number of thiazole rings is 1. The molecule has 0 spiro atoms. The van der Waals surface area contributed by atoms with E-state index in [2.05, 4.69) is 10.3 Å². The number of amides is 1. The van der Waals surface area contributed by atoms with Crippen LogP contribution in [0.25, 0.3) is 16.1 Å². The maximum absolute atomic E-state index is 12.8. The Morgan fingerprint density at radius 2 is 1.97 bits per heavy atom. The van der Waals surface area contributed by atoms with Gasteiger partial charge in [-0.25, -0.2) is 9.78 Å². The molecule has 0 aliphatic heterocycles. The molecular formula is C22H21N3O3S2. The molecule has 3 aromatic heterocycles. The first-order chi connectivity index (χ1) is 14.4. The molecule has 0 fully saturated rings. The number of carbonyl (C=O) groups is 2. The van der Waals surface area contributed by atoms with Gasteiger partial charge in [-0.05, 0) is 44.4 Å². The third kappa shape index (κ3) is 3.76. The summed E-state index contributed by atoms with van der Waals surface area (Å²) in [6, 6.07) is 6.04. The lowest BCUT2D eigenvalue weighted by molar-refractivity contribution is 0.0529. The number of carbonyl (C=O) groups excluding carboxylic acids is 2. The Morgan fingerprint density at radius 1 is 1.17 bits per heavy atom. The fraction of sp³-hybridized carbons (Fsp3) is 0.227. The number of nitrogens with zero attached hydrogens (tertiary/aromatic N) is 2. The van der Waals surface area contributed by atoms with Crippen molar-refractivity contribution < 1.29 is 14.3 Å². The summed E-state index contributed by atoms with van der Waals surface area (Å²) in [5.74, 6) is -0.814. The normalized spacial score (nSPS) is 11.1. The lowest BCUT2D eigenvalue weighted by Gasteiger charge is -2.09. The Bertz CT molecular complexity index is 1230. The van der Waals surface area contributed by atoms with E-state index in [-0.39, 0.29) is 12.5 Å². The number of esters is 1. The average Bonchev–Trinajstić information content (AvgIpc) is 3.37. The average molecular weight is 440 g/mol. The second-order valence-electron chi connectivity index (χ2n) is 6.98. The molecular weight excluding hydrogens is 418 g/mol. The minimum atomic E-state index is -0.455. The standard InChI is InChI=1S/C22H21N3O3S2/c1-5-28-21(27)18-16(15-7-6-12(2)13(3)8-15)11-29-20(18)24-19(26)17-10-25-9-14(4)30-22(25)23-17/h6-11H,5H2,1-4H3,(H,24,26). The fourth-order valence-corrected chi connectivity index (χ4v) is 4.93. The Labute approximate surface area is 182 Å². The summed E-state index contributed by atoms with van der Waals surface area (Å²) >= 11 is 2.82. The molecule has 3 heterocycles. The number of thiophene rings is 1. The van der Waals surface area contributed by atoms with Gasteiger partial charge >= 0.3 is 5.97 Å². The van der Waals surface area contributed by atoms with Gasteiger partial charge in [0.05, 0.1) is 6.61 Å². The predicted molar refractivity (Wildman–Crippen MR) is 121 cm³/mol. The minimum absolute atomic E-state index is 0.255. The van der Waals surface area contributed by atoms with Crippen molar-refractivity contribution in [2.45, 2.75) is 27.7 Å². The first-order valence-electron chi connectivity index (χ1n) is 9.50. The van der Waals surface area contributed by atoms with Crippen LogP contribution in [0.3, 0.4) is 0 Å². The van der Waals surface area contributed by atoms with E-state index in [4.69, 9.17) is 4.74 Å². The molecule has 0 saturated carbocycles. The van der Waals surface area contributed by atoms with Crippen LogP contribution in [0.1, 0.15) is 43.8 Å². The number of benzene rings is 1. The van der Waals surface area contributed by atoms with Crippen molar-refractivity contribution in [3.05, 3.63) is 63.2 Å². The van der Waals surface area contributed by atoms with Crippen molar-refractivity contribution in [2.24, 2.45) is 0 Å². The SMILES string of the molecule is CCOC(=O)c1c(-c2ccc(C)c(C)c2)csc1NC(=O)c1cn2cc(C)sc2n1. The smallest absolute Gasteiger partial charge is 0.341 e. The Morgan fingerprint density at radius 3 is 2.67 bits per heavy atom. The van der Waals surface area contributed by atoms with E-state index < -0.39 is 5.97 Å². The van der Waals surface area contributed by atoms with E-state index in [1.54, 1.807) is 13.1 Å². The van der Waals surface area contributed by atoms with E-state index >= 15 is 0 Å². The number of hydrogen-bond acceptors (Lipinski definition) is 6. The molecule has 0 aliphatic carbocycles. The maximum atomic E-state index is 12.8. The monoisotopic (exact) mass is 439 g/mol. The molecule has 0 atom stereocenters. The van der Waals surface area contributed by atoms with Crippen LogP contribution >= 0.6 is 22.7 Å². The summed E-state index contributed by atoms with van der Waals surface area (Å²) in [5, 5.41) is 5.19. The fourth-order valence-electron chi connectivity index (χ4n) is 3.16. The molecule has 8 heteroatoms. The third-order valence-corrected chi connectivity index (χ3v) is 6.63. The summed E-state index contributed by atoms with van der Waals surface area (Å²) in [7, 11) is 0. The molecule has 4 aromatic rings. The highest BCUT2D eigenvalue weighted by Crippen LogP contribution is 2.37. The first-order valence-corrected chi connectivity index (χ1v) is 11.2. The van der Waals surface area contributed by atoms with Gasteiger partial charge in [-0.15, -0.1) is 22.7 Å². The number of ether oxygens (including phenoxy) is 1. The number of nitrogens with one attached hydrogen (secondary N) is 1. The van der Waals surface area contributed by atoms with Crippen molar-refractivity contribution in [3.63, 3.8) is 0 Å². The number of anilines is 1. The second-order valence-corrected chi connectivity index (χ2v) is 9.08. The van der Waals surface area contributed by atoms with E-state index in [9.17, 15) is 9.59 Å². The lowest BCUT2D eigenvalue weighted by Crippen LogP contribution is -2.15. The summed E-state index contributed by atoms with van der Waals surface area (Å²) in [4.78, 5) is 31.8. The Kier molecular flexibility index (Phi) is 5.44. The molecule has 0 radical (unpaired) electrons. The number of aromatic nitrogens is 2. The van der Waals surface area contributed by atoms with Crippen molar-refractivity contribution in [2.75, 3.05) is 11.9 Å². The van der Waals surface area contributed by atoms with Gasteiger partial charge in [-0.3, -0.25) is 9.20 Å². The van der Waals surface area contributed by atoms with Crippen LogP contribution in [-0.2, 0) is 4.74 Å². The van der Waals surface area contributed by atoms with Crippen LogP contribution in [0.2, 0.25) is 0 Å². The van der Waals surface area contributed by atoms with Gasteiger partial charge in [0.2, 0.25) is 0 Å². The molecule has 1 aromatic carbocycles. The molecule has 0 unspecified atom stereocenters. The van der Waals surface area contributed by atoms with Crippen LogP contribution in [0.15, 0.2) is 36.0 Å². The molecule has 1 N–H and O–H groups in total. The number of fused-ring (bicyclic) bond motifs is 1. The largest absolute Gasteiger partial charge is 0.462 e. The quantitative estimate of drug-likeness (QED) is 0.418. The second kappa shape index (κ2) is 8.04. The van der Waals surface area contributed by atoms with Gasteiger partial charge < -0.3 is 10.1 Å². The van der Waals surface area contributed by atoms with Crippen LogP contribution in [0.5, 0.6) is 0 Å². The molecule has 6 nitrogen and oxygen atoms in total. The number of aryl methyl sites for hydroxylation is 3. The zero-order valence-corrected chi connectivity index (χ0v) is 18.7. The van der Waals surface area contributed by atoms with Crippen LogP contribution < -0.4 is 5.32 Å². The molecule has 30 heavy (non-hydrogen) atoms. The van der Waals surface area contributed by atoms with E-state index in [1.165, 1.54) is 28.2 Å². The van der Waals surface area contributed by atoms with Crippen LogP contribution in [0, 0.1) is 20.8 Å². The highest BCUT2D eigenvalue weighted by atomic mass is 32.1. The topological polar surface area (TPSA) is 72.7 Å². The summed E-state index contributed by atoms with van der Waals surface area (Å²) < 4.78 is 7.11. The number of hydrogen-bond donors (Lipinski definition) is 1. The summed E-state index contributed by atoms with van der Waals surface area (Å²) in [5.41, 5.74) is 4.64. The molecule has 154 valence electrons. The predicted octanol–water partition coefficient (Wildman–Crippen LogP) is 5.48. The lowest BCUT2D eigenvalue weighted by atomic mass is 9.99. The molecule has 0 saturated heterocycles. The Hall–Kier alpha value is -2.97. The molecule has 1 amide bonds. The zero-order chi connectivity index (χ0) is 21.4. The van der Waals surface area contributed by atoms with E-state index in [1.807, 2.05) is 54.9 Å². The van der Waals surface area contributed by atoms with Gasteiger partial charge in [-0.1, -0.05) is 18.2 Å². The number of rotatable bonds is 5. The Balaban J connectivity index is 1.70. The third-order valence-electron chi connectivity index (χ3n) is 4.82. The van der Waals surface area contributed by atoms with Crippen molar-refractivity contribution in [1.29, 1.82) is 0 Å². The van der Waals surface area contributed by atoms with Crippen molar-refractivity contribution in [3.8, 4) is 11.1 Å². The van der Waals surface area contributed by atoms with Gasteiger partial charge in [0, 0.05) is 28.2 Å². The van der Waals surface area contributed by atoms with Crippen molar-refractivity contribution in [1.82, 2.24) is 9.38 Å². The van der Waals surface area contributed by atoms with Gasteiger partial charge in [0.1, 0.15) is 16.3 Å². The highest BCUT2D eigenvalue weighted by Gasteiger charge is 2.24.